The molecule has 2 atom stereocenters. The summed E-state index contributed by atoms with van der Waals surface area (Å²) in [5.41, 5.74) is 1.44. The lowest BCUT2D eigenvalue weighted by Crippen LogP contribution is -2.02. The summed E-state index contributed by atoms with van der Waals surface area (Å²) in [6.07, 6.45) is 7.99. The van der Waals surface area contributed by atoms with E-state index in [9.17, 15) is 0 Å². The van der Waals surface area contributed by atoms with E-state index in [0.717, 1.165) is 12.8 Å². The van der Waals surface area contributed by atoms with Crippen LogP contribution < -0.4 is 0 Å². The molecule has 1 saturated heterocycles. The smallest absolute Gasteiger partial charge is 0.0892 e. The molecule has 1 N–H and O–H groups in total. The first-order valence-corrected chi connectivity index (χ1v) is 5.61. The molecule has 1 aliphatic heterocycles. The first kappa shape index (κ1) is 12.5. The number of aliphatic hydroxyl groups is 1. The van der Waals surface area contributed by atoms with Gasteiger partial charge in [-0.3, -0.25) is 0 Å². The Bertz CT molecular complexity index is 262. The third-order valence-corrected chi connectivity index (χ3v) is 2.74. The maximum Gasteiger partial charge on any atom is 0.0892 e. The molecule has 0 bridgehead atoms. The first-order valence-electron chi connectivity index (χ1n) is 5.61. The van der Waals surface area contributed by atoms with E-state index >= 15 is 0 Å². The van der Waals surface area contributed by atoms with E-state index in [1.165, 1.54) is 5.57 Å². The second-order valence-corrected chi connectivity index (χ2v) is 4.89. The molecule has 2 unspecified atom stereocenters. The van der Waals surface area contributed by atoms with Crippen LogP contribution in [-0.4, -0.2) is 22.9 Å². The van der Waals surface area contributed by atoms with Crippen LogP contribution in [0, 0.1) is 0 Å². The predicted octanol–water partition coefficient (Wildman–Crippen LogP) is 2.83. The molecule has 0 aromatic heterocycles. The van der Waals surface area contributed by atoms with Crippen molar-refractivity contribution in [2.24, 2.45) is 0 Å². The van der Waals surface area contributed by atoms with Crippen LogP contribution in [0.2, 0.25) is 0 Å². The molecule has 0 saturated carbocycles. The fourth-order valence-corrected chi connectivity index (χ4v) is 1.56. The van der Waals surface area contributed by atoms with Gasteiger partial charge in [0.2, 0.25) is 0 Å². The summed E-state index contributed by atoms with van der Waals surface area (Å²) >= 11 is 0. The summed E-state index contributed by atoms with van der Waals surface area (Å²) in [4.78, 5) is 0. The van der Waals surface area contributed by atoms with Crippen molar-refractivity contribution in [2.45, 2.75) is 58.3 Å². The Labute approximate surface area is 92.6 Å². The fraction of sp³-hybridized carbons (Fsp3) is 0.692. The van der Waals surface area contributed by atoms with E-state index in [-0.39, 0.29) is 11.7 Å². The number of aliphatic hydroxyl groups excluding tert-OH is 1. The number of allylic oxidation sites excluding steroid dienone is 3. The van der Waals surface area contributed by atoms with Gasteiger partial charge in [-0.05, 0) is 40.5 Å². The van der Waals surface area contributed by atoms with Crippen LogP contribution in [0.3, 0.4) is 0 Å². The average molecular weight is 210 g/mol. The van der Waals surface area contributed by atoms with Gasteiger partial charge in [-0.25, -0.2) is 0 Å². The quantitative estimate of drug-likeness (QED) is 0.559. The van der Waals surface area contributed by atoms with Crippen LogP contribution >= 0.6 is 0 Å². The molecule has 0 aromatic carbocycles. The molecule has 0 aliphatic carbocycles. The molecule has 1 rings (SSSR count). The normalized spacial score (nSPS) is 27.0. The van der Waals surface area contributed by atoms with Crippen molar-refractivity contribution in [1.82, 2.24) is 0 Å². The topological polar surface area (TPSA) is 32.8 Å². The van der Waals surface area contributed by atoms with Gasteiger partial charge in [0.1, 0.15) is 0 Å². The standard InChI is InChI=1S/C13H22O2/c1-10(6-5-7-11(2)14)8-9-12-13(3,4)15-12/h5-7,11-12,14H,8-9H2,1-4H3/b7-5+,10-6+. The van der Waals surface area contributed by atoms with Crippen molar-refractivity contribution in [3.8, 4) is 0 Å². The summed E-state index contributed by atoms with van der Waals surface area (Å²) in [6.45, 7) is 8.12. The maximum atomic E-state index is 9.03. The van der Waals surface area contributed by atoms with Gasteiger partial charge in [0.25, 0.3) is 0 Å². The lowest BCUT2D eigenvalue weighted by Gasteiger charge is -1.99. The SMILES string of the molecule is C/C(=C\C=C\C(C)O)CCC1OC1(C)C. The van der Waals surface area contributed by atoms with E-state index < -0.39 is 0 Å². The van der Waals surface area contributed by atoms with Gasteiger partial charge in [-0.1, -0.05) is 23.8 Å². The van der Waals surface area contributed by atoms with Crippen LogP contribution in [0.15, 0.2) is 23.8 Å². The van der Waals surface area contributed by atoms with Crippen LogP contribution in [0.4, 0.5) is 0 Å². The minimum atomic E-state index is -0.361. The summed E-state index contributed by atoms with van der Waals surface area (Å²) < 4.78 is 5.51. The Morgan fingerprint density at radius 1 is 1.53 bits per heavy atom. The number of ether oxygens (including phenoxy) is 1. The highest BCUT2D eigenvalue weighted by Crippen LogP contribution is 2.38. The van der Waals surface area contributed by atoms with E-state index in [2.05, 4.69) is 26.8 Å². The molecule has 0 amide bonds. The maximum absolute atomic E-state index is 9.03. The molecule has 86 valence electrons. The Morgan fingerprint density at radius 3 is 2.60 bits per heavy atom. The van der Waals surface area contributed by atoms with Crippen molar-refractivity contribution < 1.29 is 9.84 Å². The number of hydrogen-bond acceptors (Lipinski definition) is 2. The molecule has 2 nitrogen and oxygen atoms in total. The van der Waals surface area contributed by atoms with Gasteiger partial charge in [-0.2, -0.15) is 0 Å². The van der Waals surface area contributed by atoms with E-state index in [0.29, 0.717) is 6.10 Å². The number of epoxide rings is 1. The van der Waals surface area contributed by atoms with Gasteiger partial charge in [0.15, 0.2) is 0 Å². The van der Waals surface area contributed by atoms with Gasteiger partial charge in [0.05, 0.1) is 17.8 Å². The molecule has 2 heteroatoms. The van der Waals surface area contributed by atoms with Crippen LogP contribution in [0.5, 0.6) is 0 Å². The Hall–Kier alpha value is -0.600. The zero-order valence-corrected chi connectivity index (χ0v) is 10.2. The van der Waals surface area contributed by atoms with Crippen molar-refractivity contribution in [3.63, 3.8) is 0 Å². The Balaban J connectivity index is 2.21. The summed E-state index contributed by atoms with van der Waals surface area (Å²) in [5.74, 6) is 0. The number of hydrogen-bond donors (Lipinski definition) is 1. The molecule has 1 heterocycles. The van der Waals surface area contributed by atoms with Gasteiger partial charge in [0, 0.05) is 0 Å². The van der Waals surface area contributed by atoms with Crippen LogP contribution in [0.25, 0.3) is 0 Å². The highest BCUT2D eigenvalue weighted by atomic mass is 16.6. The summed E-state index contributed by atoms with van der Waals surface area (Å²) in [5, 5.41) is 9.03. The summed E-state index contributed by atoms with van der Waals surface area (Å²) in [7, 11) is 0. The monoisotopic (exact) mass is 210 g/mol. The molecule has 0 aromatic rings. The van der Waals surface area contributed by atoms with Gasteiger partial charge in [-0.15, -0.1) is 0 Å². The molecule has 0 spiro atoms. The summed E-state index contributed by atoms with van der Waals surface area (Å²) in [6, 6.07) is 0. The largest absolute Gasteiger partial charge is 0.389 e. The molecule has 15 heavy (non-hydrogen) atoms. The van der Waals surface area contributed by atoms with E-state index in [1.54, 1.807) is 13.0 Å². The zero-order chi connectivity index (χ0) is 11.5. The van der Waals surface area contributed by atoms with E-state index in [4.69, 9.17) is 9.84 Å². The van der Waals surface area contributed by atoms with Crippen LogP contribution in [-0.2, 0) is 4.74 Å². The zero-order valence-electron chi connectivity index (χ0n) is 10.2. The van der Waals surface area contributed by atoms with Crippen LogP contribution in [0.1, 0.15) is 40.5 Å². The minimum absolute atomic E-state index is 0.107. The lowest BCUT2D eigenvalue weighted by molar-refractivity contribution is 0.244. The Kier molecular flexibility index (Phi) is 4.12. The molecular weight excluding hydrogens is 188 g/mol. The molecule has 0 radical (unpaired) electrons. The van der Waals surface area contributed by atoms with Crippen molar-refractivity contribution in [2.75, 3.05) is 0 Å². The predicted molar refractivity (Wildman–Crippen MR) is 62.8 cm³/mol. The molecular formula is C13H22O2. The Morgan fingerprint density at radius 2 is 2.13 bits per heavy atom. The second-order valence-electron chi connectivity index (χ2n) is 4.89. The molecule has 1 fully saturated rings. The number of rotatable bonds is 5. The van der Waals surface area contributed by atoms with Gasteiger partial charge >= 0.3 is 0 Å². The van der Waals surface area contributed by atoms with Gasteiger partial charge < -0.3 is 9.84 Å². The average Bonchev–Trinajstić information content (AvgIpc) is 2.70. The minimum Gasteiger partial charge on any atom is -0.389 e. The van der Waals surface area contributed by atoms with Crippen molar-refractivity contribution in [3.05, 3.63) is 23.8 Å². The van der Waals surface area contributed by atoms with Crippen molar-refractivity contribution >= 4 is 0 Å². The van der Waals surface area contributed by atoms with Crippen molar-refractivity contribution in [1.29, 1.82) is 0 Å². The highest BCUT2D eigenvalue weighted by Gasteiger charge is 2.46. The second kappa shape index (κ2) is 4.95. The third kappa shape index (κ3) is 4.63. The molecule has 1 aliphatic rings. The fourth-order valence-electron chi connectivity index (χ4n) is 1.56. The highest BCUT2D eigenvalue weighted by molar-refractivity contribution is 5.12. The lowest BCUT2D eigenvalue weighted by atomic mass is 10.0. The van der Waals surface area contributed by atoms with E-state index in [1.807, 2.05) is 6.08 Å². The first-order chi connectivity index (χ1) is 6.92. The third-order valence-electron chi connectivity index (χ3n) is 2.74.